The number of rotatable bonds is 5. The first-order valence-corrected chi connectivity index (χ1v) is 8.26. The minimum atomic E-state index is -3.49. The lowest BCUT2D eigenvalue weighted by atomic mass is 10.1. The molecule has 1 fully saturated rings. The zero-order chi connectivity index (χ0) is 15.5. The minimum Gasteiger partial charge on any atom is -0.465 e. The molecule has 1 N–H and O–H groups in total. The second-order valence-corrected chi connectivity index (χ2v) is 7.03. The number of nitrogens with zero attached hydrogens (tertiary/aromatic N) is 1. The lowest BCUT2D eigenvalue weighted by Crippen LogP contribution is -2.30. The van der Waals surface area contributed by atoms with E-state index in [0.29, 0.717) is 24.6 Å². The summed E-state index contributed by atoms with van der Waals surface area (Å²) in [5.41, 5.74) is 0.339. The van der Waals surface area contributed by atoms with Gasteiger partial charge in [-0.15, -0.1) is 12.4 Å². The Hall–Kier alpha value is -1.15. The molecule has 1 aliphatic rings. The normalized spacial score (nSPS) is 18.7. The highest BCUT2D eigenvalue weighted by molar-refractivity contribution is 7.89. The molecule has 6 nitrogen and oxygen atoms in total. The Balaban J connectivity index is 0.00000242. The third-order valence-corrected chi connectivity index (χ3v) is 5.53. The minimum absolute atomic E-state index is 0. The molecule has 0 radical (unpaired) electrons. The fraction of sp³-hybridized carbons (Fsp3) is 0.500. The van der Waals surface area contributed by atoms with E-state index in [2.05, 4.69) is 10.1 Å². The second-order valence-electron chi connectivity index (χ2n) is 5.09. The number of benzene rings is 1. The van der Waals surface area contributed by atoms with Crippen LogP contribution in [-0.2, 0) is 14.8 Å². The molecule has 22 heavy (non-hydrogen) atoms. The number of carbonyl (C=O) groups excluding carboxylic acids is 1. The van der Waals surface area contributed by atoms with Gasteiger partial charge in [0.15, 0.2) is 0 Å². The molecule has 0 aliphatic carbocycles. The topological polar surface area (TPSA) is 75.7 Å². The lowest BCUT2D eigenvalue weighted by Gasteiger charge is -2.16. The molecular weight excluding hydrogens is 328 g/mol. The van der Waals surface area contributed by atoms with Crippen LogP contribution >= 0.6 is 12.4 Å². The van der Waals surface area contributed by atoms with Gasteiger partial charge in [-0.25, -0.2) is 13.2 Å². The Bertz CT molecular complexity index is 604. The molecule has 1 aromatic rings. The van der Waals surface area contributed by atoms with Crippen LogP contribution in [0.1, 0.15) is 16.8 Å². The third kappa shape index (κ3) is 3.98. The SMILES string of the molecule is CNCC1CCN(S(=O)(=O)c2ccc(C(=O)OC)cc2)C1.Cl. The van der Waals surface area contributed by atoms with Gasteiger partial charge in [0.1, 0.15) is 0 Å². The summed E-state index contributed by atoms with van der Waals surface area (Å²) >= 11 is 0. The number of nitrogens with one attached hydrogen (secondary N) is 1. The van der Waals surface area contributed by atoms with Crippen molar-refractivity contribution < 1.29 is 17.9 Å². The monoisotopic (exact) mass is 348 g/mol. The molecule has 0 aromatic heterocycles. The van der Waals surface area contributed by atoms with Crippen LogP contribution in [0.5, 0.6) is 0 Å². The van der Waals surface area contributed by atoms with Crippen LogP contribution in [-0.4, -0.2) is 52.5 Å². The van der Waals surface area contributed by atoms with Crippen LogP contribution in [0, 0.1) is 5.92 Å². The van der Waals surface area contributed by atoms with Gasteiger partial charge in [-0.1, -0.05) is 0 Å². The summed E-state index contributed by atoms with van der Waals surface area (Å²) in [6.07, 6.45) is 0.861. The Labute approximate surface area is 137 Å². The molecule has 124 valence electrons. The molecule has 1 aromatic carbocycles. The van der Waals surface area contributed by atoms with E-state index in [9.17, 15) is 13.2 Å². The van der Waals surface area contributed by atoms with E-state index in [1.807, 2.05) is 7.05 Å². The van der Waals surface area contributed by atoms with Gasteiger partial charge in [-0.3, -0.25) is 0 Å². The fourth-order valence-electron chi connectivity index (χ4n) is 2.50. The third-order valence-electron chi connectivity index (χ3n) is 3.65. The van der Waals surface area contributed by atoms with Crippen molar-refractivity contribution in [3.63, 3.8) is 0 Å². The molecule has 1 aliphatic heterocycles. The van der Waals surface area contributed by atoms with Gasteiger partial charge < -0.3 is 10.1 Å². The molecule has 1 unspecified atom stereocenters. The Kier molecular flexibility index (Phi) is 6.80. The number of hydrogen-bond acceptors (Lipinski definition) is 5. The average molecular weight is 349 g/mol. The number of halogens is 1. The molecule has 2 rings (SSSR count). The molecule has 0 amide bonds. The van der Waals surface area contributed by atoms with Gasteiger partial charge in [0.25, 0.3) is 0 Å². The van der Waals surface area contributed by atoms with Crippen molar-refractivity contribution in [2.75, 3.05) is 33.8 Å². The number of esters is 1. The van der Waals surface area contributed by atoms with Crippen molar-refractivity contribution in [3.8, 4) is 0 Å². The van der Waals surface area contributed by atoms with E-state index in [0.717, 1.165) is 13.0 Å². The van der Waals surface area contributed by atoms with Crippen LogP contribution < -0.4 is 5.32 Å². The van der Waals surface area contributed by atoms with Crippen LogP contribution in [0.2, 0.25) is 0 Å². The zero-order valence-electron chi connectivity index (χ0n) is 12.6. The van der Waals surface area contributed by atoms with Crippen molar-refractivity contribution in [2.24, 2.45) is 5.92 Å². The predicted octanol–water partition coefficient (Wildman–Crippen LogP) is 1.12. The number of carbonyl (C=O) groups is 1. The molecule has 8 heteroatoms. The average Bonchev–Trinajstić information content (AvgIpc) is 2.96. The summed E-state index contributed by atoms with van der Waals surface area (Å²) in [6.45, 7) is 1.88. The highest BCUT2D eigenvalue weighted by Crippen LogP contribution is 2.24. The number of sulfonamides is 1. The second kappa shape index (κ2) is 7.92. The largest absolute Gasteiger partial charge is 0.465 e. The molecule has 0 bridgehead atoms. The van der Waals surface area contributed by atoms with Crippen molar-refractivity contribution in [2.45, 2.75) is 11.3 Å². The van der Waals surface area contributed by atoms with Crippen LogP contribution in [0.15, 0.2) is 29.2 Å². The summed E-state index contributed by atoms with van der Waals surface area (Å²) in [6, 6.07) is 5.85. The van der Waals surface area contributed by atoms with E-state index in [-0.39, 0.29) is 17.3 Å². The van der Waals surface area contributed by atoms with Crippen molar-refractivity contribution in [1.82, 2.24) is 9.62 Å². The van der Waals surface area contributed by atoms with Gasteiger partial charge in [-0.2, -0.15) is 4.31 Å². The zero-order valence-corrected chi connectivity index (χ0v) is 14.2. The first kappa shape index (κ1) is 18.9. The molecule has 1 heterocycles. The quantitative estimate of drug-likeness (QED) is 0.807. The molecule has 1 saturated heterocycles. The van der Waals surface area contributed by atoms with Gasteiger partial charge in [0.2, 0.25) is 10.0 Å². The van der Waals surface area contributed by atoms with Gasteiger partial charge >= 0.3 is 5.97 Å². The molecular formula is C14H21ClN2O4S. The maximum absolute atomic E-state index is 12.5. The smallest absolute Gasteiger partial charge is 0.337 e. The first-order chi connectivity index (χ1) is 9.98. The summed E-state index contributed by atoms with van der Waals surface area (Å²) in [7, 11) is -0.331. The highest BCUT2D eigenvalue weighted by Gasteiger charge is 2.32. The predicted molar refractivity (Wildman–Crippen MR) is 85.8 cm³/mol. The highest BCUT2D eigenvalue weighted by atomic mass is 35.5. The maximum Gasteiger partial charge on any atom is 0.337 e. The van der Waals surface area contributed by atoms with Crippen LogP contribution in [0.25, 0.3) is 0 Å². The summed E-state index contributed by atoms with van der Waals surface area (Å²) in [5, 5.41) is 3.07. The molecule has 1 atom stereocenters. The molecule has 0 saturated carbocycles. The van der Waals surface area contributed by atoms with E-state index < -0.39 is 16.0 Å². The Morgan fingerprint density at radius 2 is 2.00 bits per heavy atom. The van der Waals surface area contributed by atoms with E-state index in [4.69, 9.17) is 0 Å². The van der Waals surface area contributed by atoms with E-state index in [1.54, 1.807) is 0 Å². The van der Waals surface area contributed by atoms with Gasteiger partial charge in [-0.05, 0) is 50.2 Å². The lowest BCUT2D eigenvalue weighted by molar-refractivity contribution is 0.0600. The van der Waals surface area contributed by atoms with Crippen molar-refractivity contribution in [1.29, 1.82) is 0 Å². The number of ether oxygens (including phenoxy) is 1. The standard InChI is InChI=1S/C14H20N2O4S.ClH/c1-15-9-11-7-8-16(10-11)21(18,19)13-5-3-12(4-6-13)14(17)20-2;/h3-6,11,15H,7-10H2,1-2H3;1H. The van der Waals surface area contributed by atoms with E-state index in [1.165, 1.54) is 35.7 Å². The fourth-order valence-corrected chi connectivity index (χ4v) is 4.03. The number of methoxy groups -OCH3 is 1. The Morgan fingerprint density at radius 3 is 2.55 bits per heavy atom. The van der Waals surface area contributed by atoms with Crippen LogP contribution in [0.3, 0.4) is 0 Å². The maximum atomic E-state index is 12.5. The summed E-state index contributed by atoms with van der Waals surface area (Å²) < 4.78 is 31.1. The van der Waals surface area contributed by atoms with Gasteiger partial charge in [0.05, 0.1) is 17.6 Å². The van der Waals surface area contributed by atoms with Crippen LogP contribution in [0.4, 0.5) is 0 Å². The first-order valence-electron chi connectivity index (χ1n) is 6.82. The number of hydrogen-bond donors (Lipinski definition) is 1. The molecule has 0 spiro atoms. The Morgan fingerprint density at radius 1 is 1.36 bits per heavy atom. The summed E-state index contributed by atoms with van der Waals surface area (Å²) in [4.78, 5) is 11.6. The van der Waals surface area contributed by atoms with Crippen molar-refractivity contribution in [3.05, 3.63) is 29.8 Å². The van der Waals surface area contributed by atoms with Crippen molar-refractivity contribution >= 4 is 28.4 Å². The van der Waals surface area contributed by atoms with E-state index >= 15 is 0 Å². The summed E-state index contributed by atoms with van der Waals surface area (Å²) in [5.74, 6) is -0.131. The van der Waals surface area contributed by atoms with Gasteiger partial charge in [0, 0.05) is 13.1 Å².